The largest absolute Gasteiger partial charge is 0.372 e. The van der Waals surface area contributed by atoms with E-state index < -0.39 is 10.8 Å². The first-order valence-corrected chi connectivity index (χ1v) is 9.26. The molecule has 0 radical (unpaired) electrons. The first kappa shape index (κ1) is 21.0. The van der Waals surface area contributed by atoms with Gasteiger partial charge in [0.1, 0.15) is 11.5 Å². The van der Waals surface area contributed by atoms with E-state index in [2.05, 4.69) is 10.4 Å². The number of nitro groups is 1. The van der Waals surface area contributed by atoms with Crippen molar-refractivity contribution < 1.29 is 14.1 Å². The summed E-state index contributed by atoms with van der Waals surface area (Å²) in [5, 5.41) is 18.5. The average Bonchev–Trinajstić information content (AvgIpc) is 3.09. The monoisotopic (exact) mass is 411 g/mol. The van der Waals surface area contributed by atoms with Crippen molar-refractivity contribution in [1.29, 1.82) is 0 Å². The molecule has 0 fully saturated rings. The zero-order valence-corrected chi connectivity index (χ0v) is 17.1. The summed E-state index contributed by atoms with van der Waals surface area (Å²) in [5.41, 5.74) is 2.76. The van der Waals surface area contributed by atoms with Crippen molar-refractivity contribution in [3.63, 3.8) is 0 Å². The van der Waals surface area contributed by atoms with E-state index in [1.807, 2.05) is 6.92 Å². The maximum atomic E-state index is 13.2. The summed E-state index contributed by atoms with van der Waals surface area (Å²) in [4.78, 5) is 25.2. The fourth-order valence-corrected chi connectivity index (χ4v) is 3.24. The van der Waals surface area contributed by atoms with E-state index in [1.165, 1.54) is 18.2 Å². The Labute approximate surface area is 173 Å². The Balaban J connectivity index is 1.82. The van der Waals surface area contributed by atoms with Gasteiger partial charge in [-0.15, -0.1) is 0 Å². The lowest BCUT2D eigenvalue weighted by atomic mass is 10.1. The summed E-state index contributed by atoms with van der Waals surface area (Å²) in [6.07, 6.45) is 1.64. The van der Waals surface area contributed by atoms with Crippen LogP contribution in [-0.2, 0) is 0 Å². The van der Waals surface area contributed by atoms with Crippen LogP contribution in [0.15, 0.2) is 48.7 Å². The Kier molecular flexibility index (Phi) is 5.81. The van der Waals surface area contributed by atoms with Crippen molar-refractivity contribution >= 4 is 17.3 Å². The van der Waals surface area contributed by atoms with Crippen LogP contribution in [0.3, 0.4) is 0 Å². The number of benzene rings is 2. The lowest BCUT2D eigenvalue weighted by Gasteiger charge is -2.16. The topological polar surface area (TPSA) is 93.3 Å². The number of anilines is 1. The summed E-state index contributed by atoms with van der Waals surface area (Å²) >= 11 is 0. The number of amides is 1. The number of carbonyl (C=O) groups excluding carboxylic acids is 1. The van der Waals surface area contributed by atoms with Crippen LogP contribution in [0.1, 0.15) is 34.6 Å². The smallest absolute Gasteiger partial charge is 0.293 e. The second kappa shape index (κ2) is 8.32. The summed E-state index contributed by atoms with van der Waals surface area (Å²) < 4.78 is 14.8. The van der Waals surface area contributed by atoms with Gasteiger partial charge >= 0.3 is 0 Å². The molecule has 0 aliphatic rings. The third-order valence-corrected chi connectivity index (χ3v) is 4.85. The van der Waals surface area contributed by atoms with E-state index in [-0.39, 0.29) is 23.1 Å². The zero-order valence-electron chi connectivity index (χ0n) is 17.1. The molecule has 1 unspecified atom stereocenters. The van der Waals surface area contributed by atoms with Gasteiger partial charge in [-0.1, -0.05) is 0 Å². The van der Waals surface area contributed by atoms with E-state index in [1.54, 1.807) is 61.1 Å². The number of nitro benzene ring substituents is 1. The third-order valence-electron chi connectivity index (χ3n) is 4.85. The maximum Gasteiger partial charge on any atom is 0.293 e. The van der Waals surface area contributed by atoms with E-state index in [4.69, 9.17) is 0 Å². The number of hydrogen-bond donors (Lipinski definition) is 1. The van der Waals surface area contributed by atoms with Crippen LogP contribution in [0.25, 0.3) is 5.69 Å². The predicted molar refractivity (Wildman–Crippen MR) is 112 cm³/mol. The van der Waals surface area contributed by atoms with Crippen LogP contribution in [-0.4, -0.2) is 34.7 Å². The number of rotatable bonds is 6. The summed E-state index contributed by atoms with van der Waals surface area (Å²) in [6.45, 7) is 3.66. The van der Waals surface area contributed by atoms with Gasteiger partial charge in [-0.05, 0) is 50.2 Å². The molecule has 8 nitrogen and oxygen atoms in total. The summed E-state index contributed by atoms with van der Waals surface area (Å²) in [7, 11) is 3.40. The van der Waals surface area contributed by atoms with Crippen molar-refractivity contribution in [2.75, 3.05) is 19.0 Å². The van der Waals surface area contributed by atoms with Gasteiger partial charge in [-0.25, -0.2) is 9.07 Å². The quantitative estimate of drug-likeness (QED) is 0.492. The highest BCUT2D eigenvalue weighted by molar-refractivity contribution is 5.96. The number of aromatic nitrogens is 2. The highest BCUT2D eigenvalue weighted by Crippen LogP contribution is 2.28. The molecule has 1 N–H and O–H groups in total. The van der Waals surface area contributed by atoms with Crippen molar-refractivity contribution in [1.82, 2.24) is 15.1 Å². The first-order chi connectivity index (χ1) is 14.2. The number of halogens is 1. The SMILES string of the molecule is Cc1c(C(C)NC(=O)c2ccc(N(C)C)c([N+](=O)[O-])c2)cnn1-c1ccc(F)cc1. The van der Waals surface area contributed by atoms with E-state index in [9.17, 15) is 19.3 Å². The first-order valence-electron chi connectivity index (χ1n) is 9.26. The molecule has 0 aliphatic carbocycles. The highest BCUT2D eigenvalue weighted by atomic mass is 19.1. The molecule has 0 saturated heterocycles. The Morgan fingerprint density at radius 3 is 2.50 bits per heavy atom. The van der Waals surface area contributed by atoms with E-state index in [0.29, 0.717) is 11.4 Å². The normalized spacial score (nSPS) is 11.8. The summed E-state index contributed by atoms with van der Waals surface area (Å²) in [5.74, 6) is -0.761. The molecule has 2 aromatic carbocycles. The average molecular weight is 411 g/mol. The fraction of sp³-hybridized carbons (Fsp3) is 0.238. The standard InChI is InChI=1S/C21H22FN5O3/c1-13(18-12-23-26(14(18)2)17-8-6-16(22)7-9-17)24-21(28)15-5-10-19(25(3)4)20(11-15)27(29)30/h5-13H,1-4H3,(H,24,28). The fourth-order valence-electron chi connectivity index (χ4n) is 3.24. The van der Waals surface area contributed by atoms with E-state index >= 15 is 0 Å². The van der Waals surface area contributed by atoms with Crippen LogP contribution in [0.4, 0.5) is 15.8 Å². The number of nitrogens with one attached hydrogen (secondary N) is 1. The Morgan fingerprint density at radius 1 is 1.23 bits per heavy atom. The van der Waals surface area contributed by atoms with Crippen molar-refractivity contribution in [3.8, 4) is 5.69 Å². The van der Waals surface area contributed by atoms with Crippen molar-refractivity contribution in [2.24, 2.45) is 0 Å². The lowest BCUT2D eigenvalue weighted by molar-refractivity contribution is -0.384. The molecule has 1 aromatic heterocycles. The van der Waals surface area contributed by atoms with Crippen molar-refractivity contribution in [3.05, 3.63) is 81.4 Å². The predicted octanol–water partition coefficient (Wildman–Crippen LogP) is 3.79. The van der Waals surface area contributed by atoms with Gasteiger partial charge in [-0.2, -0.15) is 5.10 Å². The Morgan fingerprint density at radius 2 is 1.90 bits per heavy atom. The summed E-state index contributed by atoms with van der Waals surface area (Å²) in [6, 6.07) is 9.93. The van der Waals surface area contributed by atoms with Crippen molar-refractivity contribution in [2.45, 2.75) is 19.9 Å². The number of nitrogens with zero attached hydrogens (tertiary/aromatic N) is 4. The molecule has 1 atom stereocenters. The van der Waals surface area contributed by atoms with Gasteiger partial charge in [0.25, 0.3) is 11.6 Å². The molecule has 30 heavy (non-hydrogen) atoms. The Bertz CT molecular complexity index is 1090. The molecular formula is C21H22FN5O3. The second-order valence-electron chi connectivity index (χ2n) is 7.12. The minimum absolute atomic E-state index is 0.138. The van der Waals surface area contributed by atoms with Crippen LogP contribution < -0.4 is 10.2 Å². The van der Waals surface area contributed by atoms with Gasteiger partial charge in [0.05, 0.1) is 22.8 Å². The second-order valence-corrected chi connectivity index (χ2v) is 7.12. The molecule has 9 heteroatoms. The highest BCUT2D eigenvalue weighted by Gasteiger charge is 2.21. The number of carbonyl (C=O) groups is 1. The molecule has 0 saturated carbocycles. The van der Waals surface area contributed by atoms with Gasteiger partial charge in [0.2, 0.25) is 0 Å². The van der Waals surface area contributed by atoms with Gasteiger partial charge in [-0.3, -0.25) is 14.9 Å². The zero-order chi connectivity index (χ0) is 22.0. The minimum atomic E-state index is -0.508. The number of hydrogen-bond acceptors (Lipinski definition) is 5. The van der Waals surface area contributed by atoms with E-state index in [0.717, 1.165) is 11.3 Å². The lowest BCUT2D eigenvalue weighted by Crippen LogP contribution is -2.27. The molecule has 1 amide bonds. The molecular weight excluding hydrogens is 389 g/mol. The van der Waals surface area contributed by atoms with Crippen LogP contribution in [0.2, 0.25) is 0 Å². The van der Waals surface area contributed by atoms with Gasteiger partial charge < -0.3 is 10.2 Å². The third kappa shape index (κ3) is 4.14. The minimum Gasteiger partial charge on any atom is -0.372 e. The van der Waals surface area contributed by atoms with Crippen LogP contribution >= 0.6 is 0 Å². The van der Waals surface area contributed by atoms with Crippen LogP contribution in [0.5, 0.6) is 0 Å². The molecule has 156 valence electrons. The molecule has 0 aliphatic heterocycles. The Hall–Kier alpha value is -3.75. The van der Waals surface area contributed by atoms with Gasteiger partial charge in [0, 0.05) is 37.0 Å². The van der Waals surface area contributed by atoms with Crippen LogP contribution in [0, 0.1) is 22.9 Å². The van der Waals surface area contributed by atoms with Gasteiger partial charge in [0.15, 0.2) is 0 Å². The molecule has 3 aromatic rings. The molecule has 1 heterocycles. The molecule has 0 bridgehead atoms. The maximum absolute atomic E-state index is 13.2. The molecule has 0 spiro atoms. The molecule has 3 rings (SSSR count).